The molecule has 0 saturated heterocycles. The zero-order valence-electron chi connectivity index (χ0n) is 9.69. The number of aromatic nitrogens is 2. The minimum absolute atomic E-state index is 0.0789. The van der Waals surface area contributed by atoms with Crippen molar-refractivity contribution >= 4 is 16.9 Å². The molecule has 0 bridgehead atoms. The van der Waals surface area contributed by atoms with Crippen LogP contribution in [0.2, 0.25) is 0 Å². The Hall–Kier alpha value is -1.84. The molecule has 17 heavy (non-hydrogen) atoms. The van der Waals surface area contributed by atoms with Crippen LogP contribution in [-0.4, -0.2) is 16.2 Å². The van der Waals surface area contributed by atoms with Crippen LogP contribution < -0.4 is 0 Å². The van der Waals surface area contributed by atoms with Crippen molar-refractivity contribution in [2.45, 2.75) is 26.4 Å². The molecule has 1 aromatic heterocycles. The fraction of sp³-hybridized carbons (Fsp3) is 0.385. The first-order valence-corrected chi connectivity index (χ1v) is 5.77. The molecule has 1 fully saturated rings. The highest BCUT2D eigenvalue weighted by molar-refractivity contribution is 5.80. The number of hydrogen-bond acceptors (Lipinski definition) is 3. The summed E-state index contributed by atoms with van der Waals surface area (Å²) in [5.74, 6) is -0.0789. The largest absolute Gasteiger partial charge is 0.460 e. The van der Waals surface area contributed by atoms with Crippen molar-refractivity contribution in [3.63, 3.8) is 0 Å². The van der Waals surface area contributed by atoms with Gasteiger partial charge in [0.2, 0.25) is 0 Å². The first kappa shape index (κ1) is 10.3. The van der Waals surface area contributed by atoms with Crippen LogP contribution in [0.5, 0.6) is 0 Å². The Balaban J connectivity index is 1.70. The maximum Gasteiger partial charge on any atom is 0.312 e. The molecule has 2 aromatic rings. The minimum Gasteiger partial charge on any atom is -0.460 e. The number of rotatable bonds is 3. The maximum absolute atomic E-state index is 11.7. The van der Waals surface area contributed by atoms with E-state index in [1.165, 1.54) is 0 Å². The summed E-state index contributed by atoms with van der Waals surface area (Å²) < 4.78 is 5.31. The highest BCUT2D eigenvalue weighted by atomic mass is 16.5. The monoisotopic (exact) mass is 230 g/mol. The molecule has 1 aliphatic rings. The number of nitrogens with one attached hydrogen (secondary N) is 1. The van der Waals surface area contributed by atoms with Crippen molar-refractivity contribution in [3.8, 4) is 0 Å². The number of nitrogens with zero attached hydrogens (tertiary/aromatic N) is 1. The van der Waals surface area contributed by atoms with E-state index in [0.29, 0.717) is 6.61 Å². The fourth-order valence-corrected chi connectivity index (χ4v) is 1.80. The van der Waals surface area contributed by atoms with Crippen molar-refractivity contribution in [2.24, 2.45) is 5.41 Å². The Labute approximate surface area is 99.0 Å². The van der Waals surface area contributed by atoms with E-state index in [2.05, 4.69) is 10.2 Å². The lowest BCUT2D eigenvalue weighted by Gasteiger charge is -2.09. The molecule has 0 aliphatic heterocycles. The molecule has 1 saturated carbocycles. The van der Waals surface area contributed by atoms with Crippen LogP contribution >= 0.6 is 0 Å². The number of H-pyrrole nitrogens is 1. The molecule has 1 aromatic carbocycles. The summed E-state index contributed by atoms with van der Waals surface area (Å²) >= 11 is 0. The molecule has 0 spiro atoms. The van der Waals surface area contributed by atoms with Crippen LogP contribution in [0.25, 0.3) is 10.9 Å². The molecule has 3 rings (SSSR count). The number of esters is 1. The predicted molar refractivity (Wildman–Crippen MR) is 63.2 cm³/mol. The van der Waals surface area contributed by atoms with Crippen molar-refractivity contribution in [2.75, 3.05) is 0 Å². The summed E-state index contributed by atoms with van der Waals surface area (Å²) in [7, 11) is 0. The molecule has 4 heteroatoms. The van der Waals surface area contributed by atoms with Crippen LogP contribution in [-0.2, 0) is 16.1 Å². The van der Waals surface area contributed by atoms with Crippen molar-refractivity contribution in [3.05, 3.63) is 30.0 Å². The second-order valence-corrected chi connectivity index (χ2v) is 4.93. The van der Waals surface area contributed by atoms with E-state index in [1.54, 1.807) is 6.20 Å². The predicted octanol–water partition coefficient (Wildman–Crippen LogP) is 2.41. The zero-order valence-corrected chi connectivity index (χ0v) is 9.69. The molecular formula is C13H14N2O2. The van der Waals surface area contributed by atoms with E-state index in [4.69, 9.17) is 4.74 Å². The minimum atomic E-state index is -0.209. The average Bonchev–Trinajstić information content (AvgIpc) is 2.93. The van der Waals surface area contributed by atoms with Gasteiger partial charge in [-0.1, -0.05) is 6.07 Å². The summed E-state index contributed by atoms with van der Waals surface area (Å²) in [6, 6.07) is 5.88. The highest BCUT2D eigenvalue weighted by Crippen LogP contribution is 2.46. The number of hydrogen-bond donors (Lipinski definition) is 1. The summed E-state index contributed by atoms with van der Waals surface area (Å²) in [6.45, 7) is 2.30. The third-order valence-corrected chi connectivity index (χ3v) is 3.37. The van der Waals surface area contributed by atoms with Crippen LogP contribution in [0.15, 0.2) is 24.4 Å². The molecule has 0 atom stereocenters. The second-order valence-electron chi connectivity index (χ2n) is 4.93. The lowest BCUT2D eigenvalue weighted by atomic mass is 10.1. The van der Waals surface area contributed by atoms with E-state index in [9.17, 15) is 4.79 Å². The van der Waals surface area contributed by atoms with Gasteiger partial charge in [-0.05, 0) is 37.5 Å². The van der Waals surface area contributed by atoms with Crippen molar-refractivity contribution < 1.29 is 9.53 Å². The number of aromatic amines is 1. The average molecular weight is 230 g/mol. The molecule has 0 radical (unpaired) electrons. The molecule has 1 N–H and O–H groups in total. The third kappa shape index (κ3) is 1.90. The van der Waals surface area contributed by atoms with Gasteiger partial charge >= 0.3 is 5.97 Å². The lowest BCUT2D eigenvalue weighted by molar-refractivity contribution is -0.150. The first-order valence-electron chi connectivity index (χ1n) is 5.77. The molecular weight excluding hydrogens is 216 g/mol. The Bertz CT molecular complexity index is 570. The normalized spacial score (nSPS) is 17.0. The summed E-state index contributed by atoms with van der Waals surface area (Å²) in [6.07, 6.45) is 3.67. The van der Waals surface area contributed by atoms with Crippen LogP contribution in [0.4, 0.5) is 0 Å². The maximum atomic E-state index is 11.7. The standard InChI is InChI=1S/C13H14N2O2/c1-13(4-5-13)12(16)17-8-9-2-3-11-10(6-9)7-14-15-11/h2-3,6-7H,4-5,8H2,1H3,(H,14,15). The van der Waals surface area contributed by atoms with E-state index < -0.39 is 0 Å². The number of carbonyl (C=O) groups is 1. The number of fused-ring (bicyclic) bond motifs is 1. The Morgan fingerprint density at radius 3 is 3.12 bits per heavy atom. The molecule has 0 unspecified atom stereocenters. The number of benzene rings is 1. The third-order valence-electron chi connectivity index (χ3n) is 3.37. The summed E-state index contributed by atoms with van der Waals surface area (Å²) in [4.78, 5) is 11.7. The van der Waals surface area contributed by atoms with Crippen LogP contribution in [0.3, 0.4) is 0 Å². The fourth-order valence-electron chi connectivity index (χ4n) is 1.80. The smallest absolute Gasteiger partial charge is 0.312 e. The topological polar surface area (TPSA) is 55.0 Å². The van der Waals surface area contributed by atoms with Gasteiger partial charge < -0.3 is 4.74 Å². The number of carbonyl (C=O) groups excluding carboxylic acids is 1. The van der Waals surface area contributed by atoms with E-state index in [1.807, 2.05) is 25.1 Å². The zero-order chi connectivity index (χ0) is 11.9. The molecule has 1 aliphatic carbocycles. The van der Waals surface area contributed by atoms with Gasteiger partial charge in [0.1, 0.15) is 6.61 Å². The van der Waals surface area contributed by atoms with Crippen molar-refractivity contribution in [1.82, 2.24) is 10.2 Å². The molecule has 0 amide bonds. The van der Waals surface area contributed by atoms with Gasteiger partial charge in [0, 0.05) is 5.39 Å². The summed E-state index contributed by atoms with van der Waals surface area (Å²) in [5.41, 5.74) is 1.78. The van der Waals surface area contributed by atoms with E-state index in [0.717, 1.165) is 29.3 Å². The van der Waals surface area contributed by atoms with Gasteiger partial charge in [-0.2, -0.15) is 5.10 Å². The molecule has 1 heterocycles. The van der Waals surface area contributed by atoms with Crippen LogP contribution in [0.1, 0.15) is 25.3 Å². The summed E-state index contributed by atoms with van der Waals surface area (Å²) in [5, 5.41) is 7.88. The SMILES string of the molecule is CC1(C(=O)OCc2ccc3[nH]ncc3c2)CC1. The van der Waals surface area contributed by atoms with E-state index >= 15 is 0 Å². The Kier molecular flexibility index (Phi) is 2.18. The Morgan fingerprint density at radius 2 is 2.35 bits per heavy atom. The second kappa shape index (κ2) is 3.58. The first-order chi connectivity index (χ1) is 8.17. The van der Waals surface area contributed by atoms with Gasteiger partial charge in [0.15, 0.2) is 0 Å². The van der Waals surface area contributed by atoms with Gasteiger partial charge in [0.25, 0.3) is 0 Å². The van der Waals surface area contributed by atoms with Gasteiger partial charge in [-0.15, -0.1) is 0 Å². The molecule has 4 nitrogen and oxygen atoms in total. The molecule has 88 valence electrons. The van der Waals surface area contributed by atoms with Gasteiger partial charge in [0.05, 0.1) is 17.1 Å². The van der Waals surface area contributed by atoms with Crippen molar-refractivity contribution in [1.29, 1.82) is 0 Å². The quantitative estimate of drug-likeness (QED) is 0.824. The highest BCUT2D eigenvalue weighted by Gasteiger charge is 2.46. The Morgan fingerprint density at radius 1 is 1.53 bits per heavy atom. The number of ether oxygens (including phenoxy) is 1. The van der Waals surface area contributed by atoms with E-state index in [-0.39, 0.29) is 11.4 Å². The van der Waals surface area contributed by atoms with Crippen LogP contribution in [0, 0.1) is 5.41 Å². The van der Waals surface area contributed by atoms with Gasteiger partial charge in [-0.3, -0.25) is 9.89 Å². The lowest BCUT2D eigenvalue weighted by Crippen LogP contribution is -2.15. The van der Waals surface area contributed by atoms with Gasteiger partial charge in [-0.25, -0.2) is 0 Å².